The molecule has 0 bridgehead atoms. The summed E-state index contributed by atoms with van der Waals surface area (Å²) in [7, 11) is 0. The molecule has 0 aromatic heterocycles. The van der Waals surface area contributed by atoms with Crippen molar-refractivity contribution in [1.29, 1.82) is 0 Å². The lowest BCUT2D eigenvalue weighted by atomic mass is 10.0. The Morgan fingerprint density at radius 1 is 0.882 bits per heavy atom. The Kier molecular flexibility index (Phi) is 10.1. The quantitative estimate of drug-likeness (QED) is 0.480. The van der Waals surface area contributed by atoms with Crippen LogP contribution in [0.3, 0.4) is 0 Å². The summed E-state index contributed by atoms with van der Waals surface area (Å²) in [5.41, 5.74) is 0.375. The molecule has 2 aromatic rings. The second-order valence-electron chi connectivity index (χ2n) is 8.61. The van der Waals surface area contributed by atoms with Crippen LogP contribution in [0.5, 0.6) is 5.75 Å². The van der Waals surface area contributed by atoms with Gasteiger partial charge in [0, 0.05) is 29.9 Å². The van der Waals surface area contributed by atoms with Crippen LogP contribution in [-0.4, -0.2) is 47.0 Å². The average molecular weight is 520 g/mol. The Hall–Kier alpha value is -2.00. The van der Waals surface area contributed by atoms with Gasteiger partial charge >= 0.3 is 6.18 Å². The fourth-order valence-corrected chi connectivity index (χ4v) is 4.56. The van der Waals surface area contributed by atoms with Crippen molar-refractivity contribution >= 4 is 36.4 Å². The number of hydrogen-bond donors (Lipinski definition) is 2. The maximum atomic E-state index is 13.4. The van der Waals surface area contributed by atoms with E-state index in [0.717, 1.165) is 57.9 Å². The van der Waals surface area contributed by atoms with Crippen molar-refractivity contribution in [1.82, 2.24) is 9.80 Å². The van der Waals surface area contributed by atoms with Gasteiger partial charge in [-0.05, 0) is 76.1 Å². The van der Waals surface area contributed by atoms with E-state index < -0.39 is 23.2 Å². The number of nitrogens with zero attached hydrogens (tertiary/aromatic N) is 2. The van der Waals surface area contributed by atoms with Crippen molar-refractivity contribution in [2.24, 2.45) is 0 Å². The molecule has 0 radical (unpaired) electrons. The zero-order chi connectivity index (χ0) is 22.7. The topological polar surface area (TPSA) is 55.8 Å². The highest BCUT2D eigenvalue weighted by Gasteiger charge is 2.35. The first kappa shape index (κ1) is 28.2. The molecule has 0 spiro atoms. The number of halogens is 5. The lowest BCUT2D eigenvalue weighted by Gasteiger charge is -2.21. The molecular weight excluding hydrogens is 490 g/mol. The molecule has 0 aliphatic carbocycles. The first-order chi connectivity index (χ1) is 15.3. The number of carbonyl (C=O) groups is 1. The molecule has 2 aliphatic heterocycles. The third-order valence-electron chi connectivity index (χ3n) is 6.19. The maximum absolute atomic E-state index is 13.4. The molecule has 2 fully saturated rings. The molecule has 2 saturated heterocycles. The molecule has 0 atom stereocenters. The van der Waals surface area contributed by atoms with E-state index in [-0.39, 0.29) is 30.6 Å². The van der Waals surface area contributed by atoms with E-state index in [0.29, 0.717) is 29.9 Å². The number of hydrogen-bond acceptors (Lipinski definition) is 4. The van der Waals surface area contributed by atoms with Crippen molar-refractivity contribution in [2.45, 2.75) is 44.9 Å². The van der Waals surface area contributed by atoms with Crippen LogP contribution in [0.2, 0.25) is 0 Å². The monoisotopic (exact) mass is 519 g/mol. The minimum absolute atomic E-state index is 0. The predicted octanol–water partition coefficient (Wildman–Crippen LogP) is 5.70. The van der Waals surface area contributed by atoms with Gasteiger partial charge in [0.25, 0.3) is 5.91 Å². The van der Waals surface area contributed by atoms with Gasteiger partial charge in [-0.1, -0.05) is 12.1 Å². The normalized spacial score (nSPS) is 16.7. The Bertz CT molecular complexity index is 937. The van der Waals surface area contributed by atoms with Crippen molar-refractivity contribution < 1.29 is 23.1 Å². The van der Waals surface area contributed by atoms with Gasteiger partial charge in [-0.3, -0.25) is 14.6 Å². The number of carbonyl (C=O) groups excluding carboxylic acids is 1. The lowest BCUT2D eigenvalue weighted by molar-refractivity contribution is -0.137. The maximum Gasteiger partial charge on any atom is 0.417 e. The molecule has 2 heterocycles. The fraction of sp³-hybridized carbons (Fsp3) is 0.458. The molecule has 188 valence electrons. The van der Waals surface area contributed by atoms with Crippen LogP contribution in [0.1, 0.15) is 52.7 Å². The summed E-state index contributed by atoms with van der Waals surface area (Å²) in [4.78, 5) is 17.3. The number of phenolic OH excluding ortho intramolecular Hbond substituents is 1. The molecule has 4 rings (SSSR count). The second-order valence-corrected chi connectivity index (χ2v) is 8.61. The summed E-state index contributed by atoms with van der Waals surface area (Å²) in [6, 6.07) is 8.11. The van der Waals surface area contributed by atoms with E-state index in [1.54, 1.807) is 12.1 Å². The molecule has 5 nitrogen and oxygen atoms in total. The summed E-state index contributed by atoms with van der Waals surface area (Å²) >= 11 is 0. The average Bonchev–Trinajstić information content (AvgIpc) is 3.45. The van der Waals surface area contributed by atoms with Gasteiger partial charge in [-0.15, -0.1) is 24.8 Å². The molecule has 10 heteroatoms. The van der Waals surface area contributed by atoms with E-state index in [1.165, 1.54) is 18.2 Å². The van der Waals surface area contributed by atoms with E-state index in [2.05, 4.69) is 15.1 Å². The van der Waals surface area contributed by atoms with Crippen molar-refractivity contribution in [2.75, 3.05) is 31.5 Å². The summed E-state index contributed by atoms with van der Waals surface area (Å²) in [6.07, 6.45) is -0.207. The van der Waals surface area contributed by atoms with Gasteiger partial charge in [0.2, 0.25) is 0 Å². The van der Waals surface area contributed by atoms with Crippen LogP contribution in [0.25, 0.3) is 0 Å². The third kappa shape index (κ3) is 6.78. The number of alkyl halides is 3. The number of amides is 1. The second kappa shape index (κ2) is 12.1. The highest BCUT2D eigenvalue weighted by molar-refractivity contribution is 6.05. The number of anilines is 1. The first-order valence-corrected chi connectivity index (χ1v) is 11.1. The molecule has 2 aliphatic rings. The zero-order valence-electron chi connectivity index (χ0n) is 18.7. The van der Waals surface area contributed by atoms with Crippen LogP contribution < -0.4 is 5.32 Å². The van der Waals surface area contributed by atoms with Crippen LogP contribution in [0, 0.1) is 0 Å². The van der Waals surface area contributed by atoms with Gasteiger partial charge < -0.3 is 10.4 Å². The van der Waals surface area contributed by atoms with E-state index in [1.807, 2.05) is 0 Å². The standard InChI is InChI=1S/C24H28F3N3O2.2ClH/c25-24(26,27)21-8-2-1-7-20(21)23(32)28-19-13-17(15-29-9-3-4-10-29)22(31)18(14-19)16-30-11-5-6-12-30;;/h1-2,7-8,13-14,31H,3-6,9-12,15-16H2,(H,28,32);2*1H. The van der Waals surface area contributed by atoms with Crippen LogP contribution in [0.4, 0.5) is 18.9 Å². The van der Waals surface area contributed by atoms with E-state index in [4.69, 9.17) is 0 Å². The number of phenols is 1. The van der Waals surface area contributed by atoms with Crippen LogP contribution in [0.15, 0.2) is 36.4 Å². The SMILES string of the molecule is Cl.Cl.O=C(Nc1cc(CN2CCCC2)c(O)c(CN2CCCC2)c1)c1ccccc1C(F)(F)F. The van der Waals surface area contributed by atoms with E-state index in [9.17, 15) is 23.1 Å². The summed E-state index contributed by atoms with van der Waals surface area (Å²) in [6.45, 7) is 4.85. The molecule has 1 amide bonds. The number of benzene rings is 2. The van der Waals surface area contributed by atoms with Crippen molar-refractivity contribution in [3.63, 3.8) is 0 Å². The van der Waals surface area contributed by atoms with Gasteiger partial charge in [-0.2, -0.15) is 13.2 Å². The molecule has 0 saturated carbocycles. The largest absolute Gasteiger partial charge is 0.507 e. The summed E-state index contributed by atoms with van der Waals surface area (Å²) in [5, 5.41) is 13.6. The predicted molar refractivity (Wildman–Crippen MR) is 131 cm³/mol. The Morgan fingerprint density at radius 2 is 1.35 bits per heavy atom. The highest BCUT2D eigenvalue weighted by Crippen LogP contribution is 2.34. The van der Waals surface area contributed by atoms with Crippen LogP contribution in [-0.2, 0) is 19.3 Å². The molecule has 2 aromatic carbocycles. The Labute approximate surface area is 210 Å². The first-order valence-electron chi connectivity index (χ1n) is 11.1. The fourth-order valence-electron chi connectivity index (χ4n) is 4.56. The van der Waals surface area contributed by atoms with Crippen molar-refractivity contribution in [3.8, 4) is 5.75 Å². The summed E-state index contributed by atoms with van der Waals surface area (Å²) in [5.74, 6) is -0.611. The van der Waals surface area contributed by atoms with Gasteiger partial charge in [0.1, 0.15) is 5.75 Å². The third-order valence-corrected chi connectivity index (χ3v) is 6.19. The van der Waals surface area contributed by atoms with Gasteiger partial charge in [0.05, 0.1) is 11.1 Å². The van der Waals surface area contributed by atoms with Crippen LogP contribution >= 0.6 is 24.8 Å². The minimum Gasteiger partial charge on any atom is -0.507 e. The molecule has 0 unspecified atom stereocenters. The zero-order valence-corrected chi connectivity index (χ0v) is 20.4. The van der Waals surface area contributed by atoms with E-state index >= 15 is 0 Å². The lowest BCUT2D eigenvalue weighted by Crippen LogP contribution is -2.22. The Balaban J connectivity index is 0.00000204. The molecule has 2 N–H and O–H groups in total. The highest BCUT2D eigenvalue weighted by atomic mass is 35.5. The minimum atomic E-state index is -4.62. The number of nitrogens with one attached hydrogen (secondary N) is 1. The smallest absolute Gasteiger partial charge is 0.417 e. The number of aromatic hydroxyl groups is 1. The number of likely N-dealkylation sites (tertiary alicyclic amines) is 2. The summed E-state index contributed by atoms with van der Waals surface area (Å²) < 4.78 is 40.1. The molecular formula is C24H30Cl2F3N3O2. The van der Waals surface area contributed by atoms with Gasteiger partial charge in [0.15, 0.2) is 0 Å². The van der Waals surface area contributed by atoms with Crippen molar-refractivity contribution in [3.05, 3.63) is 58.7 Å². The Morgan fingerprint density at radius 3 is 1.82 bits per heavy atom. The van der Waals surface area contributed by atoms with Gasteiger partial charge in [-0.25, -0.2) is 0 Å². The number of rotatable bonds is 6. The molecule has 34 heavy (non-hydrogen) atoms.